The number of nitriles is 3. The van der Waals surface area contributed by atoms with E-state index >= 15 is 13.2 Å². The molecule has 0 atom stereocenters. The number of fused-ring (bicyclic) bond motifs is 6. The Kier molecular flexibility index (Phi) is 14.4. The van der Waals surface area contributed by atoms with Crippen molar-refractivity contribution in [1.29, 1.82) is 15.8 Å². The van der Waals surface area contributed by atoms with Gasteiger partial charge in [0.15, 0.2) is 34.1 Å². The Balaban J connectivity index is 1.15. The monoisotopic (exact) mass is 1230 g/mol. The second kappa shape index (κ2) is 22.9. The first-order chi connectivity index (χ1) is 45.3. The lowest BCUT2D eigenvalue weighted by molar-refractivity contribution is -0.142. The molecule has 11 aromatic carbocycles. The summed E-state index contributed by atoms with van der Waals surface area (Å²) < 4.78 is 93.0. The van der Waals surface area contributed by atoms with Gasteiger partial charge in [-0.2, -0.15) is 42.1 Å². The number of benzene rings is 11. The third-order valence-electron chi connectivity index (χ3n) is 16.4. The highest BCUT2D eigenvalue weighted by Gasteiger charge is 2.39. The molecule has 2 heterocycles. The van der Waals surface area contributed by atoms with Crippen LogP contribution < -0.4 is 0 Å². The molecule has 438 valence electrons. The minimum atomic E-state index is -5.28. The summed E-state index contributed by atoms with van der Waals surface area (Å²) in [6.07, 6.45) is -10.4. The highest BCUT2D eigenvalue weighted by Crippen LogP contribution is 2.49. The smallest absolute Gasteiger partial charge is 0.310 e. The third kappa shape index (κ3) is 10.4. The molecule has 0 spiro atoms. The van der Waals surface area contributed by atoms with E-state index in [0.29, 0.717) is 111 Å². The first-order valence-corrected chi connectivity index (χ1v) is 28.2. The first kappa shape index (κ1) is 59.0. The molecule has 0 radical (unpaired) electrons. The van der Waals surface area contributed by atoms with Crippen LogP contribution in [0.4, 0.5) is 60.5 Å². The van der Waals surface area contributed by atoms with Gasteiger partial charge < -0.3 is 9.13 Å². The molecule has 17 heteroatoms. The maximum atomic E-state index is 15.4. The molecule has 0 aliphatic rings. The highest BCUT2D eigenvalue weighted by atomic mass is 19.4. The number of rotatable bonds is 8. The largest absolute Gasteiger partial charge is 0.417 e. The van der Waals surface area contributed by atoms with Gasteiger partial charge in [0.2, 0.25) is 0 Å². The molecule has 13 rings (SSSR count). The topological polar surface area (TPSA) is 107 Å². The fourth-order valence-electron chi connectivity index (χ4n) is 12.2. The summed E-state index contributed by atoms with van der Waals surface area (Å²) in [6.45, 7) is 47.6. The molecule has 0 saturated heterocycles. The van der Waals surface area contributed by atoms with E-state index in [1.807, 2.05) is 57.7 Å². The van der Waals surface area contributed by atoms with Crippen LogP contribution in [-0.4, -0.2) is 9.13 Å². The van der Waals surface area contributed by atoms with Crippen LogP contribution in [0, 0.1) is 73.4 Å². The van der Waals surface area contributed by atoms with E-state index in [1.165, 1.54) is 36.4 Å². The van der Waals surface area contributed by atoms with Gasteiger partial charge in [0.05, 0.1) is 96.5 Å². The van der Waals surface area contributed by atoms with Gasteiger partial charge >= 0.3 is 12.4 Å². The van der Waals surface area contributed by atoms with Crippen molar-refractivity contribution in [2.75, 3.05) is 0 Å². The third-order valence-corrected chi connectivity index (χ3v) is 16.4. The molecule has 0 aliphatic heterocycles. The van der Waals surface area contributed by atoms with Crippen LogP contribution in [0.5, 0.6) is 0 Å². The molecule has 0 bridgehead atoms. The summed E-state index contributed by atoms with van der Waals surface area (Å²) in [5, 5.41) is 32.5. The summed E-state index contributed by atoms with van der Waals surface area (Å²) in [4.78, 5) is 21.9. The van der Waals surface area contributed by atoms with Crippen molar-refractivity contribution in [2.45, 2.75) is 12.4 Å². The van der Waals surface area contributed by atoms with E-state index in [2.05, 4.69) is 47.3 Å². The molecule has 0 N–H and O–H groups in total. The highest BCUT2D eigenvalue weighted by molar-refractivity contribution is 6.14. The van der Waals surface area contributed by atoms with Crippen LogP contribution in [0.15, 0.2) is 200 Å². The van der Waals surface area contributed by atoms with E-state index in [4.69, 9.17) is 39.4 Å². The van der Waals surface area contributed by atoms with E-state index < -0.39 is 29.0 Å². The van der Waals surface area contributed by atoms with Gasteiger partial charge in [-0.05, 0) is 189 Å². The Bertz CT molecular complexity index is 5520. The number of hydrogen-bond acceptors (Lipinski definition) is 3. The summed E-state index contributed by atoms with van der Waals surface area (Å²) in [6, 6.07) is 58.2. The van der Waals surface area contributed by atoms with Crippen molar-refractivity contribution in [3.63, 3.8) is 0 Å². The average molecular weight is 1230 g/mol. The molecule has 0 unspecified atom stereocenters. The van der Waals surface area contributed by atoms with Crippen LogP contribution in [0.1, 0.15) is 27.8 Å². The zero-order valence-corrected chi connectivity index (χ0v) is 48.2. The molecule has 2 aromatic heterocycles. The predicted molar refractivity (Wildman–Crippen MR) is 349 cm³/mol. The summed E-state index contributed by atoms with van der Waals surface area (Å²) in [5.41, 5.74) is 6.20. The number of hydrogen-bond donors (Lipinski definition) is 0. The fourth-order valence-corrected chi connectivity index (χ4v) is 12.2. The van der Waals surface area contributed by atoms with Gasteiger partial charge in [-0.1, -0.05) is 66.7 Å². The second-order valence-corrected chi connectivity index (χ2v) is 21.8. The molecule has 94 heavy (non-hydrogen) atoms. The summed E-state index contributed by atoms with van der Waals surface area (Å²) >= 11 is 0. The van der Waals surface area contributed by atoms with Crippen molar-refractivity contribution >= 4 is 77.7 Å². The number of aromatic nitrogens is 2. The van der Waals surface area contributed by atoms with Crippen molar-refractivity contribution in [2.24, 2.45) is 0 Å². The van der Waals surface area contributed by atoms with E-state index in [0.717, 1.165) is 6.07 Å². The molecular weight excluding hydrogens is 1190 g/mol. The SMILES string of the molecule is [C-]#[N+]c1cc(C#N)cc(-c2ccc3c(c2)c2cc(-c4cc([N+]#[C-])cc([N+]#[C-])c4)ccc2n3-c2ccc(-c3ccc(C(F)(F)F)cc3C(F)(F)F)cc2-c2ccc([N+]#[C-])cc2-n2c3ccc(-c4cc(C#N)cc([N+]#[C-])c4)cc3c3cc(-c4cc(C#N)cc([N+]#[C-])c4)ccc32)c1. The second-order valence-electron chi connectivity index (χ2n) is 21.8. The number of alkyl halides is 6. The number of nitrogens with zero attached hydrogens (tertiary/aromatic N) is 11. The van der Waals surface area contributed by atoms with Gasteiger partial charge in [0.25, 0.3) is 0 Å². The van der Waals surface area contributed by atoms with Crippen LogP contribution >= 0.6 is 0 Å². The van der Waals surface area contributed by atoms with Crippen LogP contribution in [0.2, 0.25) is 0 Å². The maximum absolute atomic E-state index is 15.4. The van der Waals surface area contributed by atoms with Gasteiger partial charge in [-0.3, -0.25) is 0 Å². The van der Waals surface area contributed by atoms with Crippen molar-refractivity contribution in [1.82, 2.24) is 9.13 Å². The van der Waals surface area contributed by atoms with E-state index in [1.54, 1.807) is 97.1 Å². The van der Waals surface area contributed by atoms with Crippen LogP contribution in [0.3, 0.4) is 0 Å². The fraction of sp³-hybridized carbons (Fsp3) is 0.0260. The zero-order chi connectivity index (χ0) is 65.9. The van der Waals surface area contributed by atoms with E-state index in [-0.39, 0.29) is 68.0 Å². The molecule has 13 aromatic rings. The van der Waals surface area contributed by atoms with Crippen molar-refractivity contribution < 1.29 is 26.3 Å². The average Bonchev–Trinajstić information content (AvgIpc) is 1.56. The molecule has 11 nitrogen and oxygen atoms in total. The Morgan fingerprint density at radius 3 is 1.02 bits per heavy atom. The normalized spacial score (nSPS) is 11.2. The lowest BCUT2D eigenvalue weighted by atomic mass is 9.92. The molecule has 0 fully saturated rings. The Labute approximate surface area is 531 Å². The van der Waals surface area contributed by atoms with Gasteiger partial charge in [-0.15, -0.1) is 0 Å². The first-order valence-electron chi connectivity index (χ1n) is 28.2. The van der Waals surface area contributed by atoms with Crippen molar-refractivity contribution in [3.05, 3.63) is 297 Å². The minimum Gasteiger partial charge on any atom is -0.310 e. The summed E-state index contributed by atoms with van der Waals surface area (Å²) in [7, 11) is 0. The Hall–Kier alpha value is -14.0. The minimum absolute atomic E-state index is 0.0854. The van der Waals surface area contributed by atoms with Gasteiger partial charge in [0, 0.05) is 55.0 Å². The molecule has 0 amide bonds. The lowest BCUT2D eigenvalue weighted by Crippen LogP contribution is -2.12. The number of halogens is 6. The summed E-state index contributed by atoms with van der Waals surface area (Å²) in [5.74, 6) is 0. The lowest BCUT2D eigenvalue weighted by Gasteiger charge is -2.21. The van der Waals surface area contributed by atoms with Gasteiger partial charge in [-0.25, -0.2) is 29.1 Å². The van der Waals surface area contributed by atoms with Gasteiger partial charge in [0.1, 0.15) is 0 Å². The van der Waals surface area contributed by atoms with Crippen LogP contribution in [0.25, 0.3) is 151 Å². The molecule has 0 saturated carbocycles. The maximum Gasteiger partial charge on any atom is 0.417 e. The quantitative estimate of drug-likeness (QED) is 0.112. The molecule has 0 aliphatic carbocycles. The zero-order valence-electron chi connectivity index (χ0n) is 48.2. The Morgan fingerprint density at radius 1 is 0.287 bits per heavy atom. The molecular formula is C77H33F6N11. The van der Waals surface area contributed by atoms with Crippen molar-refractivity contribution in [3.8, 4) is 96.3 Å². The standard InChI is InChI=1S/C77H33F6N11/c1-87-56-13-15-63(75(39-56)94-73-18-8-47(52-22-44(41-85)25-58(28-52)89-3)33-67(73)68-34-48(9-19-74(68)94)53-23-45(42-86)26-59(29-53)90-4)64-36-50(62-14-12-55(76(78,79)80)37-69(62)77(81,82)83)11-20-70(64)93-71-16-7-46(51-21-43(40-84)24-57(27-51)88-2)32-65(71)66-35-49(10-17-72(66)93)54-30-60(91-5)38-61(31-54)92-6/h7-39H. The predicted octanol–water partition coefficient (Wildman–Crippen LogP) is 22.8. The van der Waals surface area contributed by atoms with E-state index in [9.17, 15) is 29.0 Å². The van der Waals surface area contributed by atoms with Crippen LogP contribution in [-0.2, 0) is 12.4 Å². The Morgan fingerprint density at radius 2 is 0.649 bits per heavy atom.